The first-order chi connectivity index (χ1) is 14.6. The monoisotopic (exact) mass is 451 g/mol. The van der Waals surface area contributed by atoms with Crippen molar-refractivity contribution in [1.29, 1.82) is 0 Å². The molecule has 0 bridgehead atoms. The third-order valence-electron chi connectivity index (χ3n) is 5.05. The lowest BCUT2D eigenvalue weighted by molar-refractivity contribution is -0.116. The number of amides is 2. The number of hydrogen-bond acceptors (Lipinski definition) is 4. The summed E-state index contributed by atoms with van der Waals surface area (Å²) in [6, 6.07) is 7.74. The van der Waals surface area contributed by atoms with Crippen LogP contribution in [0.4, 0.5) is 20.2 Å². The van der Waals surface area contributed by atoms with E-state index in [4.69, 9.17) is 0 Å². The van der Waals surface area contributed by atoms with Crippen LogP contribution in [0.15, 0.2) is 42.5 Å². The standard InChI is InChI=1S/C21H23F2N3O4S/c1-14(26(31(2,29)30)15-9-10-17(22)18(23)13-15)20(27)24-19-8-4-3-7-16(19)21(28)25-11-5-6-12-25/h3-4,7-10,13-14H,5-6,11-12H2,1-2H3,(H,24,27)/t14-/m0/s1. The Hall–Kier alpha value is -3.01. The zero-order chi connectivity index (χ0) is 22.8. The molecule has 1 N–H and O–H groups in total. The van der Waals surface area contributed by atoms with Gasteiger partial charge in [0.15, 0.2) is 11.6 Å². The van der Waals surface area contributed by atoms with Crippen molar-refractivity contribution < 1.29 is 26.8 Å². The van der Waals surface area contributed by atoms with Gasteiger partial charge in [-0.05, 0) is 44.0 Å². The maximum Gasteiger partial charge on any atom is 0.255 e. The summed E-state index contributed by atoms with van der Waals surface area (Å²) in [5.74, 6) is -3.32. The quantitative estimate of drug-likeness (QED) is 0.732. The summed E-state index contributed by atoms with van der Waals surface area (Å²) in [6.45, 7) is 2.59. The van der Waals surface area contributed by atoms with Crippen molar-refractivity contribution in [3.05, 3.63) is 59.7 Å². The van der Waals surface area contributed by atoms with E-state index in [1.54, 1.807) is 29.2 Å². The van der Waals surface area contributed by atoms with Crippen LogP contribution < -0.4 is 9.62 Å². The predicted molar refractivity (Wildman–Crippen MR) is 113 cm³/mol. The number of rotatable bonds is 6. The number of nitrogens with one attached hydrogen (secondary N) is 1. The molecule has 0 saturated carbocycles. The Morgan fingerprint density at radius 2 is 1.71 bits per heavy atom. The second-order valence-corrected chi connectivity index (χ2v) is 9.23. The lowest BCUT2D eigenvalue weighted by Crippen LogP contribution is -2.45. The molecular formula is C21H23F2N3O4S. The number of nitrogens with zero attached hydrogens (tertiary/aromatic N) is 2. The summed E-state index contributed by atoms with van der Waals surface area (Å²) in [4.78, 5) is 27.4. The van der Waals surface area contributed by atoms with Crippen molar-refractivity contribution >= 4 is 33.2 Å². The highest BCUT2D eigenvalue weighted by Gasteiger charge is 2.31. The van der Waals surface area contributed by atoms with E-state index in [0.717, 1.165) is 31.2 Å². The number of halogens is 2. The number of anilines is 2. The molecule has 31 heavy (non-hydrogen) atoms. The molecule has 1 heterocycles. The molecular weight excluding hydrogens is 428 g/mol. The summed E-state index contributed by atoms with van der Waals surface area (Å²) in [6.07, 6.45) is 2.69. The average molecular weight is 451 g/mol. The minimum absolute atomic E-state index is 0.189. The van der Waals surface area contributed by atoms with Crippen molar-refractivity contribution in [1.82, 2.24) is 4.90 Å². The minimum Gasteiger partial charge on any atom is -0.339 e. The molecule has 0 unspecified atom stereocenters. The summed E-state index contributed by atoms with van der Waals surface area (Å²) in [5.41, 5.74) is 0.351. The first kappa shape index (κ1) is 22.7. The molecule has 0 aromatic heterocycles. The Morgan fingerprint density at radius 1 is 1.06 bits per heavy atom. The van der Waals surface area contributed by atoms with E-state index < -0.39 is 33.6 Å². The largest absolute Gasteiger partial charge is 0.339 e. The molecule has 1 fully saturated rings. The van der Waals surface area contributed by atoms with Crippen molar-refractivity contribution in [2.45, 2.75) is 25.8 Å². The maximum absolute atomic E-state index is 13.7. The fourth-order valence-electron chi connectivity index (χ4n) is 3.54. The molecule has 2 amide bonds. The number of likely N-dealkylation sites (tertiary alicyclic amines) is 1. The fourth-order valence-corrected chi connectivity index (χ4v) is 4.70. The number of carbonyl (C=O) groups is 2. The van der Waals surface area contributed by atoms with Crippen molar-refractivity contribution in [2.75, 3.05) is 29.0 Å². The van der Waals surface area contributed by atoms with Crippen LogP contribution in [0.25, 0.3) is 0 Å². The first-order valence-electron chi connectivity index (χ1n) is 9.73. The Labute approximate surface area is 179 Å². The van der Waals surface area contributed by atoms with Crippen molar-refractivity contribution in [3.63, 3.8) is 0 Å². The number of hydrogen-bond donors (Lipinski definition) is 1. The lowest BCUT2D eigenvalue weighted by atomic mass is 10.1. The maximum atomic E-state index is 13.7. The van der Waals surface area contributed by atoms with Crippen LogP contribution >= 0.6 is 0 Å². The Kier molecular flexibility index (Phi) is 6.59. The molecule has 3 rings (SSSR count). The highest BCUT2D eigenvalue weighted by molar-refractivity contribution is 7.92. The Balaban J connectivity index is 1.88. The second kappa shape index (κ2) is 9.01. The van der Waals surface area contributed by atoms with Crippen LogP contribution in [0.3, 0.4) is 0 Å². The average Bonchev–Trinajstić information content (AvgIpc) is 3.24. The third kappa shape index (κ3) is 5.01. The van der Waals surface area contributed by atoms with E-state index in [1.165, 1.54) is 6.92 Å². The molecule has 7 nitrogen and oxygen atoms in total. The molecule has 0 aliphatic carbocycles. The molecule has 166 valence electrons. The topological polar surface area (TPSA) is 86.8 Å². The minimum atomic E-state index is -4.02. The van der Waals surface area contributed by atoms with Crippen LogP contribution in [0, 0.1) is 11.6 Å². The van der Waals surface area contributed by atoms with Crippen LogP contribution in [0.5, 0.6) is 0 Å². The number of sulfonamides is 1. The van der Waals surface area contributed by atoms with Gasteiger partial charge in [0.05, 0.1) is 23.2 Å². The van der Waals surface area contributed by atoms with E-state index >= 15 is 0 Å². The number of benzene rings is 2. The van der Waals surface area contributed by atoms with Crippen molar-refractivity contribution in [2.24, 2.45) is 0 Å². The molecule has 0 spiro atoms. The van der Waals surface area contributed by atoms with Gasteiger partial charge in [0.25, 0.3) is 5.91 Å². The summed E-state index contributed by atoms with van der Waals surface area (Å²) < 4.78 is 52.4. The molecule has 2 aromatic carbocycles. The number of carbonyl (C=O) groups excluding carboxylic acids is 2. The van der Waals surface area contributed by atoms with E-state index in [0.29, 0.717) is 29.0 Å². The fraction of sp³-hybridized carbons (Fsp3) is 0.333. The van der Waals surface area contributed by atoms with E-state index in [1.807, 2.05) is 0 Å². The molecule has 2 aromatic rings. The van der Waals surface area contributed by atoms with Gasteiger partial charge in [0.2, 0.25) is 15.9 Å². The predicted octanol–water partition coefficient (Wildman–Crippen LogP) is 2.99. The van der Waals surface area contributed by atoms with Gasteiger partial charge < -0.3 is 10.2 Å². The number of para-hydroxylation sites is 1. The second-order valence-electron chi connectivity index (χ2n) is 7.37. The zero-order valence-corrected chi connectivity index (χ0v) is 18.0. The van der Waals surface area contributed by atoms with Gasteiger partial charge >= 0.3 is 0 Å². The Bertz CT molecular complexity index is 1100. The van der Waals surface area contributed by atoms with Gasteiger partial charge in [-0.2, -0.15) is 0 Å². The van der Waals surface area contributed by atoms with E-state index in [9.17, 15) is 26.8 Å². The molecule has 1 saturated heterocycles. The normalized spacial score (nSPS) is 14.9. The van der Waals surface area contributed by atoms with Gasteiger partial charge in [0.1, 0.15) is 6.04 Å². The van der Waals surface area contributed by atoms with Gasteiger partial charge in [-0.3, -0.25) is 13.9 Å². The highest BCUT2D eigenvalue weighted by Crippen LogP contribution is 2.25. The first-order valence-corrected chi connectivity index (χ1v) is 11.6. The van der Waals surface area contributed by atoms with Gasteiger partial charge in [-0.1, -0.05) is 12.1 Å². The molecule has 1 aliphatic rings. The summed E-state index contributed by atoms with van der Waals surface area (Å²) >= 11 is 0. The Morgan fingerprint density at radius 3 is 2.32 bits per heavy atom. The molecule has 1 atom stereocenters. The summed E-state index contributed by atoms with van der Waals surface area (Å²) in [7, 11) is -4.02. The SMILES string of the molecule is C[C@@H](C(=O)Nc1ccccc1C(=O)N1CCCC1)N(c1ccc(F)c(F)c1)S(C)(=O)=O. The van der Waals surface area contributed by atoms with Crippen LogP contribution in [-0.4, -0.2) is 50.5 Å². The van der Waals surface area contributed by atoms with Gasteiger partial charge in [-0.15, -0.1) is 0 Å². The van der Waals surface area contributed by atoms with Gasteiger partial charge in [-0.25, -0.2) is 17.2 Å². The van der Waals surface area contributed by atoms with Gasteiger partial charge in [0, 0.05) is 19.2 Å². The molecule has 0 radical (unpaired) electrons. The van der Waals surface area contributed by atoms with E-state index in [-0.39, 0.29) is 17.3 Å². The van der Waals surface area contributed by atoms with Crippen LogP contribution in [0.2, 0.25) is 0 Å². The molecule has 1 aliphatic heterocycles. The van der Waals surface area contributed by atoms with Crippen LogP contribution in [-0.2, 0) is 14.8 Å². The van der Waals surface area contributed by atoms with Crippen molar-refractivity contribution in [3.8, 4) is 0 Å². The smallest absolute Gasteiger partial charge is 0.255 e. The highest BCUT2D eigenvalue weighted by atomic mass is 32.2. The van der Waals surface area contributed by atoms with E-state index in [2.05, 4.69) is 5.32 Å². The molecule has 10 heteroatoms. The van der Waals surface area contributed by atoms with Crippen LogP contribution in [0.1, 0.15) is 30.1 Å². The lowest BCUT2D eigenvalue weighted by Gasteiger charge is -2.28. The zero-order valence-electron chi connectivity index (χ0n) is 17.1. The summed E-state index contributed by atoms with van der Waals surface area (Å²) in [5, 5.41) is 2.60. The third-order valence-corrected chi connectivity index (χ3v) is 6.30.